The third-order valence-electron chi connectivity index (χ3n) is 5.72. The SMILES string of the molecule is O=C1OC[C@@H](c2ccc(O)cc2)N1C(=O)[C@@]1(c2ccccc2)C=C1c1ccccc1. The summed E-state index contributed by atoms with van der Waals surface area (Å²) in [4.78, 5) is 27.7. The fourth-order valence-electron chi connectivity index (χ4n) is 4.13. The van der Waals surface area contributed by atoms with Gasteiger partial charge in [0.25, 0.3) is 5.91 Å². The molecule has 2 atom stereocenters. The zero-order chi connectivity index (χ0) is 20.7. The molecule has 2 amide bonds. The van der Waals surface area contributed by atoms with Gasteiger partial charge in [-0.3, -0.25) is 4.79 Å². The number of cyclic esters (lactones) is 1. The largest absolute Gasteiger partial charge is 0.508 e. The van der Waals surface area contributed by atoms with Crippen LogP contribution in [0.25, 0.3) is 5.57 Å². The van der Waals surface area contributed by atoms with E-state index in [1.165, 1.54) is 4.90 Å². The van der Waals surface area contributed by atoms with Crippen molar-refractivity contribution in [3.63, 3.8) is 0 Å². The minimum atomic E-state index is -0.999. The average molecular weight is 397 g/mol. The van der Waals surface area contributed by atoms with Gasteiger partial charge >= 0.3 is 6.09 Å². The first kappa shape index (κ1) is 18.2. The van der Waals surface area contributed by atoms with Crippen molar-refractivity contribution in [3.05, 3.63) is 108 Å². The Morgan fingerprint density at radius 3 is 2.23 bits per heavy atom. The predicted molar refractivity (Wildman–Crippen MR) is 112 cm³/mol. The molecule has 1 saturated heterocycles. The third-order valence-corrected chi connectivity index (χ3v) is 5.72. The monoisotopic (exact) mass is 397 g/mol. The molecule has 1 fully saturated rings. The van der Waals surface area contributed by atoms with Gasteiger partial charge in [0.1, 0.15) is 23.8 Å². The fourth-order valence-corrected chi connectivity index (χ4v) is 4.13. The molecule has 0 spiro atoms. The van der Waals surface area contributed by atoms with E-state index in [-0.39, 0.29) is 18.3 Å². The lowest BCUT2D eigenvalue weighted by Crippen LogP contribution is -2.42. The molecule has 0 aromatic heterocycles. The van der Waals surface area contributed by atoms with Crippen molar-refractivity contribution in [1.29, 1.82) is 0 Å². The zero-order valence-electron chi connectivity index (χ0n) is 16.1. The van der Waals surface area contributed by atoms with Crippen molar-refractivity contribution < 1.29 is 19.4 Å². The van der Waals surface area contributed by atoms with Crippen LogP contribution in [0.4, 0.5) is 4.79 Å². The summed E-state index contributed by atoms with van der Waals surface area (Å²) >= 11 is 0. The molecular weight excluding hydrogens is 378 g/mol. The molecule has 2 aliphatic rings. The molecule has 1 heterocycles. The van der Waals surface area contributed by atoms with Crippen LogP contribution in [0, 0.1) is 0 Å². The molecule has 3 aromatic carbocycles. The highest BCUT2D eigenvalue weighted by Crippen LogP contribution is 2.55. The molecule has 1 N–H and O–H groups in total. The molecule has 1 aliphatic heterocycles. The lowest BCUT2D eigenvalue weighted by atomic mass is 9.86. The van der Waals surface area contributed by atoms with E-state index in [2.05, 4.69) is 0 Å². The number of amides is 2. The summed E-state index contributed by atoms with van der Waals surface area (Å²) in [6.07, 6.45) is 1.26. The quantitative estimate of drug-likeness (QED) is 0.706. The van der Waals surface area contributed by atoms with Crippen molar-refractivity contribution >= 4 is 17.6 Å². The Hall–Kier alpha value is -3.86. The minimum Gasteiger partial charge on any atom is -0.508 e. The number of ether oxygens (including phenoxy) is 1. The van der Waals surface area contributed by atoms with Gasteiger partial charge in [-0.25, -0.2) is 9.69 Å². The Balaban J connectivity index is 1.56. The molecule has 30 heavy (non-hydrogen) atoms. The number of hydrogen-bond acceptors (Lipinski definition) is 4. The second kappa shape index (κ2) is 6.88. The second-order valence-electron chi connectivity index (χ2n) is 7.46. The molecule has 0 bridgehead atoms. The normalized spacial score (nSPS) is 22.4. The first-order valence-corrected chi connectivity index (χ1v) is 9.75. The van der Waals surface area contributed by atoms with Gasteiger partial charge in [-0.2, -0.15) is 0 Å². The second-order valence-corrected chi connectivity index (χ2v) is 7.46. The van der Waals surface area contributed by atoms with Crippen LogP contribution in [0.15, 0.2) is 91.0 Å². The van der Waals surface area contributed by atoms with Crippen LogP contribution in [0.5, 0.6) is 5.75 Å². The third kappa shape index (κ3) is 2.78. The minimum absolute atomic E-state index is 0.0842. The van der Waals surface area contributed by atoms with Crippen molar-refractivity contribution in [2.75, 3.05) is 6.61 Å². The van der Waals surface area contributed by atoms with Gasteiger partial charge in [-0.05, 0) is 34.4 Å². The molecule has 5 rings (SSSR count). The van der Waals surface area contributed by atoms with E-state index in [0.29, 0.717) is 0 Å². The van der Waals surface area contributed by atoms with E-state index >= 15 is 0 Å². The summed E-state index contributed by atoms with van der Waals surface area (Å²) in [5.41, 5.74) is 2.38. The van der Waals surface area contributed by atoms with Crippen molar-refractivity contribution in [2.24, 2.45) is 0 Å². The molecule has 1 aliphatic carbocycles. The molecule has 148 valence electrons. The van der Waals surface area contributed by atoms with Gasteiger partial charge in [-0.1, -0.05) is 78.9 Å². The Labute approximate surface area is 173 Å². The number of carbonyl (C=O) groups is 2. The summed E-state index contributed by atoms with van der Waals surface area (Å²) in [5, 5.41) is 9.59. The summed E-state index contributed by atoms with van der Waals surface area (Å²) in [5.74, 6) is -0.203. The van der Waals surface area contributed by atoms with Gasteiger partial charge in [0.15, 0.2) is 0 Å². The van der Waals surface area contributed by atoms with Gasteiger partial charge in [-0.15, -0.1) is 0 Å². The van der Waals surface area contributed by atoms with E-state index in [1.807, 2.05) is 66.7 Å². The van der Waals surface area contributed by atoms with E-state index in [1.54, 1.807) is 24.3 Å². The van der Waals surface area contributed by atoms with Crippen LogP contribution in [-0.2, 0) is 14.9 Å². The Bertz CT molecular complexity index is 1140. The van der Waals surface area contributed by atoms with Crippen molar-refractivity contribution in [2.45, 2.75) is 11.5 Å². The molecule has 0 radical (unpaired) electrons. The van der Waals surface area contributed by atoms with Crippen LogP contribution in [0.1, 0.15) is 22.7 Å². The number of phenolic OH excluding ortho intramolecular Hbond substituents is 1. The highest BCUT2D eigenvalue weighted by molar-refractivity contribution is 6.17. The highest BCUT2D eigenvalue weighted by Gasteiger charge is 2.58. The van der Waals surface area contributed by atoms with E-state index in [9.17, 15) is 14.7 Å². The maximum absolute atomic E-state index is 13.9. The van der Waals surface area contributed by atoms with Crippen LogP contribution < -0.4 is 0 Å². The Morgan fingerprint density at radius 1 is 0.933 bits per heavy atom. The fraction of sp³-hybridized carbons (Fsp3) is 0.120. The number of nitrogens with zero attached hydrogens (tertiary/aromatic N) is 1. The summed E-state index contributed by atoms with van der Waals surface area (Å²) in [6.45, 7) is 0.0842. The van der Waals surface area contributed by atoms with Crippen molar-refractivity contribution in [3.8, 4) is 5.75 Å². The Kier molecular flexibility index (Phi) is 4.17. The van der Waals surface area contributed by atoms with Gasteiger partial charge in [0, 0.05) is 0 Å². The van der Waals surface area contributed by atoms with E-state index in [0.717, 1.165) is 22.3 Å². The number of hydrogen-bond donors (Lipinski definition) is 1. The summed E-state index contributed by atoms with van der Waals surface area (Å²) in [7, 11) is 0. The first-order valence-electron chi connectivity index (χ1n) is 9.75. The smallest absolute Gasteiger partial charge is 0.417 e. The maximum Gasteiger partial charge on any atom is 0.417 e. The van der Waals surface area contributed by atoms with Crippen molar-refractivity contribution in [1.82, 2.24) is 4.90 Å². The average Bonchev–Trinajstić information content (AvgIpc) is 3.44. The van der Waals surface area contributed by atoms with Crippen LogP contribution in [0.2, 0.25) is 0 Å². The van der Waals surface area contributed by atoms with Crippen LogP contribution in [-0.4, -0.2) is 28.6 Å². The first-order chi connectivity index (χ1) is 14.6. The maximum atomic E-state index is 13.9. The highest BCUT2D eigenvalue weighted by atomic mass is 16.6. The number of carbonyl (C=O) groups excluding carboxylic acids is 2. The Morgan fingerprint density at radius 2 is 1.57 bits per heavy atom. The number of phenols is 1. The van der Waals surface area contributed by atoms with Gasteiger partial charge in [0.05, 0.1) is 0 Å². The molecule has 5 nitrogen and oxygen atoms in total. The molecule has 3 aromatic rings. The number of aromatic hydroxyl groups is 1. The number of rotatable bonds is 4. The lowest BCUT2D eigenvalue weighted by molar-refractivity contribution is -0.131. The number of benzene rings is 3. The van der Waals surface area contributed by atoms with E-state index in [4.69, 9.17) is 4.74 Å². The number of imide groups is 1. The van der Waals surface area contributed by atoms with Gasteiger partial charge < -0.3 is 9.84 Å². The molecule has 0 unspecified atom stereocenters. The molecule has 5 heteroatoms. The summed E-state index contributed by atoms with van der Waals surface area (Å²) < 4.78 is 5.26. The van der Waals surface area contributed by atoms with Gasteiger partial charge in [0.2, 0.25) is 0 Å². The summed E-state index contributed by atoms with van der Waals surface area (Å²) in [6, 6.07) is 25.1. The van der Waals surface area contributed by atoms with Crippen LogP contribution >= 0.6 is 0 Å². The molecular formula is C25H19NO4. The topological polar surface area (TPSA) is 66.8 Å². The van der Waals surface area contributed by atoms with E-state index < -0.39 is 17.6 Å². The molecule has 0 saturated carbocycles. The lowest BCUT2D eigenvalue weighted by Gasteiger charge is -2.27. The standard InChI is InChI=1S/C25H19NO4/c27-20-13-11-18(12-14-20)22-16-30-24(29)26(22)23(28)25(19-9-5-2-6-10-19)15-21(25)17-7-3-1-4-8-17/h1-15,22,27H,16H2/t22-,25+/m0/s1. The zero-order valence-corrected chi connectivity index (χ0v) is 16.1. The predicted octanol–water partition coefficient (Wildman–Crippen LogP) is 4.45. The van der Waals surface area contributed by atoms with Crippen LogP contribution in [0.3, 0.4) is 0 Å².